The van der Waals surface area contributed by atoms with Crippen LogP contribution in [0.4, 0.5) is 5.95 Å². The van der Waals surface area contributed by atoms with Crippen LogP contribution in [-0.4, -0.2) is 38.3 Å². The zero-order chi connectivity index (χ0) is 22.2. The van der Waals surface area contributed by atoms with E-state index in [-0.39, 0.29) is 11.5 Å². The number of aryl methyl sites for hydroxylation is 3. The highest BCUT2D eigenvalue weighted by Crippen LogP contribution is 2.32. The van der Waals surface area contributed by atoms with Crippen molar-refractivity contribution in [3.63, 3.8) is 0 Å². The topological polar surface area (TPSA) is 73.0 Å². The molecule has 3 rings (SSSR count). The molecule has 0 saturated heterocycles. The van der Waals surface area contributed by atoms with Crippen molar-refractivity contribution in [3.8, 4) is 11.3 Å². The summed E-state index contributed by atoms with van der Waals surface area (Å²) in [7, 11) is 1.74. The van der Waals surface area contributed by atoms with Crippen molar-refractivity contribution in [3.05, 3.63) is 39.2 Å². The number of aromatic nitrogens is 4. The fourth-order valence-electron chi connectivity index (χ4n) is 4.22. The van der Waals surface area contributed by atoms with Crippen molar-refractivity contribution in [1.82, 2.24) is 19.3 Å². The van der Waals surface area contributed by atoms with Gasteiger partial charge in [-0.05, 0) is 44.7 Å². The lowest BCUT2D eigenvalue weighted by atomic mass is 9.96. The Morgan fingerprint density at radius 3 is 2.13 bits per heavy atom. The minimum atomic E-state index is -0.266. The van der Waals surface area contributed by atoms with Gasteiger partial charge in [0, 0.05) is 32.6 Å². The first-order chi connectivity index (χ1) is 14.2. The number of fused-ring (bicyclic) bond motifs is 1. The number of anilines is 1. The molecule has 0 spiro atoms. The molecule has 0 amide bonds. The number of carbonyl (C=O) groups is 1. The molecule has 30 heavy (non-hydrogen) atoms. The molecule has 2 aromatic heterocycles. The van der Waals surface area contributed by atoms with Crippen LogP contribution in [0, 0.1) is 20.8 Å². The predicted molar refractivity (Wildman–Crippen MR) is 122 cm³/mol. The molecule has 0 atom stereocenters. The average Bonchev–Trinajstić information content (AvgIpc) is 3.03. The van der Waals surface area contributed by atoms with Crippen molar-refractivity contribution in [2.75, 3.05) is 18.0 Å². The van der Waals surface area contributed by atoms with Crippen LogP contribution >= 0.6 is 0 Å². The Morgan fingerprint density at radius 2 is 1.63 bits per heavy atom. The highest BCUT2D eigenvalue weighted by Gasteiger charge is 2.25. The van der Waals surface area contributed by atoms with Crippen molar-refractivity contribution in [1.29, 1.82) is 0 Å². The van der Waals surface area contributed by atoms with Crippen LogP contribution in [0.1, 0.15) is 55.1 Å². The third-order valence-electron chi connectivity index (χ3n) is 5.37. The van der Waals surface area contributed by atoms with Crippen molar-refractivity contribution in [2.45, 2.75) is 54.4 Å². The molecule has 3 aromatic rings. The molecule has 0 aliphatic rings. The largest absolute Gasteiger partial charge is 0.342 e. The number of nitrogens with zero attached hydrogens (tertiary/aromatic N) is 5. The minimum absolute atomic E-state index is 0.186. The lowest BCUT2D eigenvalue weighted by Crippen LogP contribution is -2.33. The van der Waals surface area contributed by atoms with Gasteiger partial charge in [-0.1, -0.05) is 31.5 Å². The summed E-state index contributed by atoms with van der Waals surface area (Å²) in [5.74, 6) is 0.306. The second-order valence-corrected chi connectivity index (χ2v) is 8.01. The monoisotopic (exact) mass is 409 g/mol. The molecular weight excluding hydrogens is 378 g/mol. The Bertz CT molecular complexity index is 1140. The minimum Gasteiger partial charge on any atom is -0.342 e. The predicted octanol–water partition coefficient (Wildman–Crippen LogP) is 4.01. The summed E-state index contributed by atoms with van der Waals surface area (Å²) >= 11 is 0. The standard InChI is InChI=1S/C23H31N5O2/c1-8-10-27(11-9-2)23-24-21-19(22(30)26(23)7)20(25-28(21)17(6)29)18-15(4)12-14(3)13-16(18)5/h12-13H,8-11H2,1-7H3. The van der Waals surface area contributed by atoms with Crippen LogP contribution < -0.4 is 10.5 Å². The third kappa shape index (κ3) is 3.64. The van der Waals surface area contributed by atoms with E-state index in [1.54, 1.807) is 11.6 Å². The van der Waals surface area contributed by atoms with Crippen LogP contribution in [0.2, 0.25) is 0 Å². The van der Waals surface area contributed by atoms with Crippen molar-refractivity contribution >= 4 is 22.9 Å². The van der Waals surface area contributed by atoms with E-state index in [1.807, 2.05) is 20.8 Å². The second-order valence-electron chi connectivity index (χ2n) is 8.01. The SMILES string of the molecule is CCCN(CCC)c1nc2c(c(-c3c(C)cc(C)cc3C)nn2C(C)=O)c(=O)n1C. The molecule has 0 N–H and O–H groups in total. The lowest BCUT2D eigenvalue weighted by Gasteiger charge is -2.24. The van der Waals surface area contributed by atoms with Gasteiger partial charge in [-0.2, -0.15) is 14.8 Å². The number of hydrogen-bond donors (Lipinski definition) is 0. The van der Waals surface area contributed by atoms with Crippen LogP contribution in [0.5, 0.6) is 0 Å². The van der Waals surface area contributed by atoms with Crippen LogP contribution in [0.25, 0.3) is 22.3 Å². The molecule has 2 heterocycles. The van der Waals surface area contributed by atoms with Gasteiger partial charge >= 0.3 is 0 Å². The molecule has 7 nitrogen and oxygen atoms in total. The Hall–Kier alpha value is -2.96. The summed E-state index contributed by atoms with van der Waals surface area (Å²) < 4.78 is 2.85. The van der Waals surface area contributed by atoms with E-state index in [4.69, 9.17) is 4.98 Å². The maximum absolute atomic E-state index is 13.5. The average molecular weight is 410 g/mol. The van der Waals surface area contributed by atoms with Crippen LogP contribution in [-0.2, 0) is 7.05 Å². The molecule has 0 aliphatic carbocycles. The number of hydrogen-bond acceptors (Lipinski definition) is 5. The van der Waals surface area contributed by atoms with E-state index >= 15 is 0 Å². The van der Waals surface area contributed by atoms with Gasteiger partial charge in [0.05, 0.1) is 0 Å². The smallest absolute Gasteiger partial charge is 0.266 e. The Kier molecular flexibility index (Phi) is 6.10. The molecule has 1 aromatic carbocycles. The quantitative estimate of drug-likeness (QED) is 0.615. The highest BCUT2D eigenvalue weighted by molar-refractivity contribution is 5.97. The first kappa shape index (κ1) is 21.7. The Morgan fingerprint density at radius 1 is 1.07 bits per heavy atom. The first-order valence-electron chi connectivity index (χ1n) is 10.5. The Labute approximate surface area is 177 Å². The fraction of sp³-hybridized carbons (Fsp3) is 0.478. The van der Waals surface area contributed by atoms with Gasteiger partial charge in [0.25, 0.3) is 5.56 Å². The molecule has 0 saturated carbocycles. The van der Waals surface area contributed by atoms with Gasteiger partial charge in [0.2, 0.25) is 11.9 Å². The molecule has 0 radical (unpaired) electrons. The van der Waals surface area contributed by atoms with Gasteiger partial charge < -0.3 is 4.90 Å². The number of benzene rings is 1. The molecule has 0 unspecified atom stereocenters. The zero-order valence-electron chi connectivity index (χ0n) is 19.0. The normalized spacial score (nSPS) is 11.3. The van der Waals surface area contributed by atoms with E-state index < -0.39 is 0 Å². The first-order valence-corrected chi connectivity index (χ1v) is 10.5. The van der Waals surface area contributed by atoms with Gasteiger partial charge in [-0.25, -0.2) is 0 Å². The van der Waals surface area contributed by atoms with Gasteiger partial charge in [0.1, 0.15) is 11.1 Å². The van der Waals surface area contributed by atoms with E-state index in [9.17, 15) is 9.59 Å². The summed E-state index contributed by atoms with van der Waals surface area (Å²) in [6.45, 7) is 13.3. The van der Waals surface area contributed by atoms with Gasteiger partial charge in [-0.3, -0.25) is 14.2 Å². The third-order valence-corrected chi connectivity index (χ3v) is 5.37. The fourth-order valence-corrected chi connectivity index (χ4v) is 4.22. The summed E-state index contributed by atoms with van der Waals surface area (Å²) in [5.41, 5.74) is 4.73. The van der Waals surface area contributed by atoms with E-state index in [2.05, 4.69) is 36.0 Å². The maximum Gasteiger partial charge on any atom is 0.266 e. The van der Waals surface area contributed by atoms with E-state index in [0.717, 1.165) is 48.2 Å². The van der Waals surface area contributed by atoms with E-state index in [0.29, 0.717) is 22.7 Å². The second kappa shape index (κ2) is 8.42. The number of rotatable bonds is 6. The lowest BCUT2D eigenvalue weighted by molar-refractivity contribution is 0.0926. The summed E-state index contributed by atoms with van der Waals surface area (Å²) in [6, 6.07) is 4.13. The van der Waals surface area contributed by atoms with Crippen LogP contribution in [0.15, 0.2) is 16.9 Å². The number of carbonyl (C=O) groups excluding carboxylic acids is 1. The molecule has 160 valence electrons. The Balaban J connectivity index is 2.40. The van der Waals surface area contributed by atoms with E-state index in [1.165, 1.54) is 11.6 Å². The molecule has 0 bridgehead atoms. The van der Waals surface area contributed by atoms with Gasteiger partial charge in [-0.15, -0.1) is 0 Å². The molecule has 7 heteroatoms. The summed E-state index contributed by atoms with van der Waals surface area (Å²) in [6.07, 6.45) is 1.87. The molecular formula is C23H31N5O2. The summed E-state index contributed by atoms with van der Waals surface area (Å²) in [5, 5.41) is 4.97. The van der Waals surface area contributed by atoms with Crippen LogP contribution in [0.3, 0.4) is 0 Å². The highest BCUT2D eigenvalue weighted by atomic mass is 16.2. The van der Waals surface area contributed by atoms with Crippen molar-refractivity contribution in [2.24, 2.45) is 7.05 Å². The molecule has 0 aliphatic heterocycles. The summed E-state index contributed by atoms with van der Waals surface area (Å²) in [4.78, 5) is 32.8. The maximum atomic E-state index is 13.5. The van der Waals surface area contributed by atoms with Gasteiger partial charge in [0.15, 0.2) is 5.65 Å². The van der Waals surface area contributed by atoms with Crippen molar-refractivity contribution < 1.29 is 4.79 Å². The zero-order valence-corrected chi connectivity index (χ0v) is 19.0. The molecule has 0 fully saturated rings.